The van der Waals surface area contributed by atoms with Crippen LogP contribution in [0.15, 0.2) is 24.3 Å². The van der Waals surface area contributed by atoms with E-state index in [1.807, 2.05) is 0 Å². The number of hydrogen-bond donors (Lipinski definition) is 2. The quantitative estimate of drug-likeness (QED) is 0.866. The minimum atomic E-state index is -0.115. The molecule has 0 bridgehead atoms. The molecular weight excluding hydrogens is 252 g/mol. The molecule has 98 valence electrons. The molecule has 18 heavy (non-hydrogen) atoms. The monoisotopic (exact) mass is 268 g/mol. The molecule has 1 atom stereocenters. The van der Waals surface area contributed by atoms with Crippen molar-refractivity contribution < 1.29 is 9.90 Å². The highest BCUT2D eigenvalue weighted by molar-refractivity contribution is 6.30. The van der Waals surface area contributed by atoms with Crippen molar-refractivity contribution in [2.75, 3.05) is 25.0 Å². The molecule has 1 heterocycles. The van der Waals surface area contributed by atoms with Gasteiger partial charge >= 0.3 is 6.03 Å². The Morgan fingerprint density at radius 2 is 2.17 bits per heavy atom. The summed E-state index contributed by atoms with van der Waals surface area (Å²) in [5, 5.41) is 12.6. The second kappa shape index (κ2) is 6.07. The maximum atomic E-state index is 12.0. The number of nitrogens with one attached hydrogen (secondary N) is 1. The van der Waals surface area contributed by atoms with Crippen molar-refractivity contribution in [3.63, 3.8) is 0 Å². The highest BCUT2D eigenvalue weighted by Gasteiger charge is 2.22. The standard InChI is InChI=1S/C13H17ClN2O2/c14-11-3-5-12(6-4-11)15-13(18)16-7-1-2-10(8-16)9-17/h3-6,10,17H,1-2,7-9H2,(H,15,18)/t10-/m0/s1. The van der Waals surface area contributed by atoms with Gasteiger partial charge < -0.3 is 15.3 Å². The van der Waals surface area contributed by atoms with Crippen LogP contribution in [0.3, 0.4) is 0 Å². The van der Waals surface area contributed by atoms with Gasteiger partial charge in [-0.25, -0.2) is 4.79 Å². The summed E-state index contributed by atoms with van der Waals surface area (Å²) in [6, 6.07) is 6.91. The van der Waals surface area contributed by atoms with Crippen LogP contribution < -0.4 is 5.32 Å². The molecule has 0 unspecified atom stereocenters. The fourth-order valence-electron chi connectivity index (χ4n) is 2.13. The van der Waals surface area contributed by atoms with Gasteiger partial charge in [0.2, 0.25) is 0 Å². The largest absolute Gasteiger partial charge is 0.396 e. The van der Waals surface area contributed by atoms with E-state index < -0.39 is 0 Å². The minimum absolute atomic E-state index is 0.115. The van der Waals surface area contributed by atoms with E-state index in [1.165, 1.54) is 0 Å². The number of hydrogen-bond acceptors (Lipinski definition) is 2. The number of carbonyl (C=O) groups is 1. The summed E-state index contributed by atoms with van der Waals surface area (Å²) in [7, 11) is 0. The number of nitrogens with zero attached hydrogens (tertiary/aromatic N) is 1. The van der Waals surface area contributed by atoms with Gasteiger partial charge in [-0.2, -0.15) is 0 Å². The number of anilines is 1. The first kappa shape index (κ1) is 13.2. The van der Waals surface area contributed by atoms with Crippen LogP contribution in [-0.2, 0) is 0 Å². The van der Waals surface area contributed by atoms with Crippen LogP contribution >= 0.6 is 11.6 Å². The highest BCUT2D eigenvalue weighted by atomic mass is 35.5. The molecule has 2 rings (SSSR count). The van der Waals surface area contributed by atoms with Crippen molar-refractivity contribution >= 4 is 23.3 Å². The zero-order valence-electron chi connectivity index (χ0n) is 10.1. The van der Waals surface area contributed by atoms with Gasteiger partial charge in [-0.15, -0.1) is 0 Å². The Balaban J connectivity index is 1.93. The zero-order valence-corrected chi connectivity index (χ0v) is 10.9. The summed E-state index contributed by atoms with van der Waals surface area (Å²) < 4.78 is 0. The first-order valence-corrected chi connectivity index (χ1v) is 6.49. The van der Waals surface area contributed by atoms with Gasteiger partial charge in [0, 0.05) is 30.4 Å². The van der Waals surface area contributed by atoms with Gasteiger partial charge in [-0.3, -0.25) is 0 Å². The van der Waals surface area contributed by atoms with E-state index in [4.69, 9.17) is 16.7 Å². The normalized spacial score (nSPS) is 19.7. The van der Waals surface area contributed by atoms with Gasteiger partial charge in [0.25, 0.3) is 0 Å². The summed E-state index contributed by atoms with van der Waals surface area (Å²) in [5.74, 6) is 0.203. The van der Waals surface area contributed by atoms with E-state index in [0.717, 1.165) is 25.1 Å². The summed E-state index contributed by atoms with van der Waals surface area (Å²) in [4.78, 5) is 13.8. The predicted molar refractivity (Wildman–Crippen MR) is 71.9 cm³/mol. The van der Waals surface area contributed by atoms with Gasteiger partial charge in [0.05, 0.1) is 0 Å². The van der Waals surface area contributed by atoms with E-state index in [-0.39, 0.29) is 18.6 Å². The van der Waals surface area contributed by atoms with E-state index in [2.05, 4.69) is 5.32 Å². The van der Waals surface area contributed by atoms with E-state index in [1.54, 1.807) is 29.2 Å². The summed E-state index contributed by atoms with van der Waals surface area (Å²) in [6.07, 6.45) is 1.93. The van der Waals surface area contributed by atoms with Crippen molar-refractivity contribution in [3.8, 4) is 0 Å². The lowest BCUT2D eigenvalue weighted by Crippen LogP contribution is -2.43. The van der Waals surface area contributed by atoms with Crippen LogP contribution in [0, 0.1) is 5.92 Å². The van der Waals surface area contributed by atoms with E-state index in [9.17, 15) is 4.79 Å². The zero-order chi connectivity index (χ0) is 13.0. The minimum Gasteiger partial charge on any atom is -0.396 e. The third-order valence-corrected chi connectivity index (χ3v) is 3.41. The summed E-state index contributed by atoms with van der Waals surface area (Å²) >= 11 is 5.78. The van der Waals surface area contributed by atoms with Crippen LogP contribution in [0.5, 0.6) is 0 Å². The van der Waals surface area contributed by atoms with Crippen LogP contribution in [-0.4, -0.2) is 35.7 Å². The number of aliphatic hydroxyl groups is 1. The first-order valence-electron chi connectivity index (χ1n) is 6.11. The Bertz CT molecular complexity index is 408. The number of urea groups is 1. The topological polar surface area (TPSA) is 52.6 Å². The average molecular weight is 269 g/mol. The lowest BCUT2D eigenvalue weighted by molar-refractivity contribution is 0.136. The van der Waals surface area contributed by atoms with Gasteiger partial charge in [-0.05, 0) is 43.0 Å². The number of likely N-dealkylation sites (tertiary alicyclic amines) is 1. The molecule has 1 aromatic carbocycles. The molecule has 1 fully saturated rings. The number of carbonyl (C=O) groups excluding carboxylic acids is 1. The van der Waals surface area contributed by atoms with Crippen molar-refractivity contribution in [2.45, 2.75) is 12.8 Å². The molecule has 4 nitrogen and oxygen atoms in total. The molecule has 1 aromatic rings. The van der Waals surface area contributed by atoms with Crippen LogP contribution in [0.25, 0.3) is 0 Å². The Kier molecular flexibility index (Phi) is 4.44. The van der Waals surface area contributed by atoms with Gasteiger partial charge in [0.1, 0.15) is 0 Å². The molecule has 0 radical (unpaired) electrons. The van der Waals surface area contributed by atoms with Crippen molar-refractivity contribution in [1.82, 2.24) is 4.90 Å². The second-order valence-corrected chi connectivity index (χ2v) is 5.01. The Morgan fingerprint density at radius 1 is 1.44 bits per heavy atom. The summed E-state index contributed by atoms with van der Waals surface area (Å²) in [6.45, 7) is 1.51. The SMILES string of the molecule is O=C(Nc1ccc(Cl)cc1)N1CCC[C@H](CO)C1. The van der Waals surface area contributed by atoms with Crippen molar-refractivity contribution in [3.05, 3.63) is 29.3 Å². The van der Waals surface area contributed by atoms with E-state index >= 15 is 0 Å². The molecule has 0 aromatic heterocycles. The number of rotatable bonds is 2. The fraction of sp³-hybridized carbons (Fsp3) is 0.462. The third-order valence-electron chi connectivity index (χ3n) is 3.16. The lowest BCUT2D eigenvalue weighted by Gasteiger charge is -2.31. The van der Waals surface area contributed by atoms with Crippen LogP contribution in [0.2, 0.25) is 5.02 Å². The molecule has 2 amide bonds. The third kappa shape index (κ3) is 3.37. The van der Waals surface area contributed by atoms with Gasteiger partial charge in [-0.1, -0.05) is 11.6 Å². The predicted octanol–water partition coefficient (Wildman–Crippen LogP) is 2.58. The average Bonchev–Trinajstić information content (AvgIpc) is 2.41. The molecule has 2 N–H and O–H groups in total. The van der Waals surface area contributed by atoms with E-state index in [0.29, 0.717) is 11.6 Å². The maximum Gasteiger partial charge on any atom is 0.321 e. The van der Waals surface area contributed by atoms with Crippen LogP contribution in [0.4, 0.5) is 10.5 Å². The summed E-state index contributed by atoms with van der Waals surface area (Å²) in [5.41, 5.74) is 0.732. The molecule has 0 saturated carbocycles. The van der Waals surface area contributed by atoms with Crippen molar-refractivity contribution in [1.29, 1.82) is 0 Å². The highest BCUT2D eigenvalue weighted by Crippen LogP contribution is 2.18. The molecule has 5 heteroatoms. The molecular formula is C13H17ClN2O2. The maximum absolute atomic E-state index is 12.0. The number of benzene rings is 1. The number of piperidine rings is 1. The first-order chi connectivity index (χ1) is 8.69. The molecule has 0 spiro atoms. The number of aliphatic hydroxyl groups excluding tert-OH is 1. The Labute approximate surface area is 112 Å². The lowest BCUT2D eigenvalue weighted by atomic mass is 9.99. The number of halogens is 1. The Hall–Kier alpha value is -1.26. The molecule has 1 aliphatic rings. The van der Waals surface area contributed by atoms with Crippen molar-refractivity contribution in [2.24, 2.45) is 5.92 Å². The Morgan fingerprint density at radius 3 is 2.83 bits per heavy atom. The molecule has 1 saturated heterocycles. The fourth-order valence-corrected chi connectivity index (χ4v) is 2.26. The molecule has 1 aliphatic heterocycles. The van der Waals surface area contributed by atoms with Crippen LogP contribution in [0.1, 0.15) is 12.8 Å². The second-order valence-electron chi connectivity index (χ2n) is 4.57. The smallest absolute Gasteiger partial charge is 0.321 e. The molecule has 0 aliphatic carbocycles. The van der Waals surface area contributed by atoms with Gasteiger partial charge in [0.15, 0.2) is 0 Å². The number of amides is 2.